The molecule has 0 radical (unpaired) electrons. The summed E-state index contributed by atoms with van der Waals surface area (Å²) in [5, 5.41) is 5.78. The molecule has 71 heavy (non-hydrogen) atoms. The summed E-state index contributed by atoms with van der Waals surface area (Å²) in [6.07, 6.45) is 5.97. The maximum absolute atomic E-state index is 15.9. The Morgan fingerprint density at radius 2 is 1.48 bits per heavy atom. The predicted molar refractivity (Wildman–Crippen MR) is 263 cm³/mol. The number of pyridine rings is 2. The van der Waals surface area contributed by atoms with E-state index in [0.29, 0.717) is 74.6 Å². The number of hydrogen-bond acceptors (Lipinski definition) is 10. The van der Waals surface area contributed by atoms with Gasteiger partial charge in [-0.15, -0.1) is 0 Å². The summed E-state index contributed by atoms with van der Waals surface area (Å²) in [4.78, 5) is 79.7. The van der Waals surface area contributed by atoms with Crippen LogP contribution >= 0.6 is 0 Å². The van der Waals surface area contributed by atoms with Gasteiger partial charge in [-0.2, -0.15) is 0 Å². The van der Waals surface area contributed by atoms with Gasteiger partial charge in [-0.25, -0.2) is 18.2 Å². The van der Waals surface area contributed by atoms with Crippen molar-refractivity contribution >= 4 is 46.0 Å². The third kappa shape index (κ3) is 9.25. The van der Waals surface area contributed by atoms with Crippen LogP contribution < -0.4 is 21.1 Å². The van der Waals surface area contributed by atoms with Gasteiger partial charge in [0.25, 0.3) is 11.5 Å². The van der Waals surface area contributed by atoms with E-state index in [1.807, 2.05) is 43.7 Å². The zero-order chi connectivity index (χ0) is 49.9. The SMILES string of the molecule is CNc1cc(=O)n(-c2ccnc3c2cc(CN2CCC(c4c(F)cc(C(=O)N5CCC(CN6CCN(Cc7ccc8c(c7)C(C)(C)C(=O)N8C7CCC(=O)NC7=O)CC6)CC5)cc4F)CC2)n3C)cc1F. The fourth-order valence-electron chi connectivity index (χ4n) is 11.6. The molecule has 374 valence electrons. The zero-order valence-electron chi connectivity index (χ0n) is 40.8. The van der Waals surface area contributed by atoms with Gasteiger partial charge >= 0.3 is 0 Å². The third-order valence-electron chi connectivity index (χ3n) is 15.8. The van der Waals surface area contributed by atoms with Crippen molar-refractivity contribution < 1.29 is 32.3 Å². The first kappa shape index (κ1) is 48.3. The van der Waals surface area contributed by atoms with Crippen LogP contribution in [0.15, 0.2) is 65.7 Å². The third-order valence-corrected chi connectivity index (χ3v) is 15.8. The summed E-state index contributed by atoms with van der Waals surface area (Å²) in [5.74, 6) is -3.08. The average molecular weight is 975 g/mol. The van der Waals surface area contributed by atoms with Gasteiger partial charge in [-0.1, -0.05) is 12.1 Å². The fraction of sp³-hybridized carbons (Fsp3) is 0.472. The van der Waals surface area contributed by atoms with E-state index in [4.69, 9.17) is 0 Å². The molecule has 8 heterocycles. The Morgan fingerprint density at radius 3 is 2.17 bits per heavy atom. The first-order valence-corrected chi connectivity index (χ1v) is 24.9. The number of amides is 4. The lowest BCUT2D eigenvalue weighted by molar-refractivity contribution is -0.136. The summed E-state index contributed by atoms with van der Waals surface area (Å²) < 4.78 is 49.6. The molecular weight excluding hydrogens is 914 g/mol. The van der Waals surface area contributed by atoms with Gasteiger partial charge in [0.1, 0.15) is 23.3 Å². The Hall–Kier alpha value is -6.37. The van der Waals surface area contributed by atoms with Gasteiger partial charge in [0, 0.05) is 120 Å². The van der Waals surface area contributed by atoms with Crippen LogP contribution in [0, 0.1) is 23.4 Å². The number of nitrogens with zero attached hydrogens (tertiary/aromatic N) is 8. The molecule has 0 bridgehead atoms. The highest BCUT2D eigenvalue weighted by Crippen LogP contribution is 2.44. The number of nitrogens with one attached hydrogen (secondary N) is 2. The summed E-state index contributed by atoms with van der Waals surface area (Å²) in [7, 11) is 3.45. The Morgan fingerprint density at radius 1 is 0.789 bits per heavy atom. The molecule has 0 saturated carbocycles. The highest BCUT2D eigenvalue weighted by Gasteiger charge is 2.49. The van der Waals surface area contributed by atoms with Gasteiger partial charge in [0.05, 0.1) is 23.0 Å². The molecule has 5 aliphatic rings. The molecule has 5 aliphatic heterocycles. The van der Waals surface area contributed by atoms with Gasteiger partial charge in [0.15, 0.2) is 5.82 Å². The molecule has 1 atom stereocenters. The lowest BCUT2D eigenvalue weighted by atomic mass is 9.85. The van der Waals surface area contributed by atoms with E-state index in [-0.39, 0.29) is 52.4 Å². The number of carbonyl (C=O) groups is 4. The van der Waals surface area contributed by atoms with Crippen molar-refractivity contribution in [3.8, 4) is 5.69 Å². The van der Waals surface area contributed by atoms with Crippen molar-refractivity contribution in [2.45, 2.75) is 82.8 Å². The second-order valence-electron chi connectivity index (χ2n) is 20.6. The topological polar surface area (TPSA) is 148 Å². The smallest absolute Gasteiger partial charge is 0.257 e. The van der Waals surface area contributed by atoms with E-state index in [9.17, 15) is 28.4 Å². The molecule has 2 aromatic carbocycles. The number of aryl methyl sites for hydroxylation is 1. The number of benzene rings is 2. The number of aromatic nitrogens is 3. The van der Waals surface area contributed by atoms with E-state index in [1.54, 1.807) is 29.1 Å². The molecule has 4 amide bonds. The Labute approximate surface area is 410 Å². The van der Waals surface area contributed by atoms with Gasteiger partial charge in [-0.3, -0.25) is 48.6 Å². The van der Waals surface area contributed by atoms with Crippen LogP contribution in [0.25, 0.3) is 16.7 Å². The van der Waals surface area contributed by atoms with Crippen molar-refractivity contribution in [1.82, 2.24) is 39.0 Å². The van der Waals surface area contributed by atoms with Gasteiger partial charge in [-0.05, 0) is 112 Å². The lowest BCUT2D eigenvalue weighted by Crippen LogP contribution is -2.55. The largest absolute Gasteiger partial charge is 0.386 e. The number of likely N-dealkylation sites (tertiary alicyclic amines) is 2. The van der Waals surface area contributed by atoms with Crippen LogP contribution in [-0.4, -0.2) is 129 Å². The van der Waals surface area contributed by atoms with Gasteiger partial charge in [0.2, 0.25) is 17.7 Å². The number of hydrogen-bond donors (Lipinski definition) is 2. The molecule has 4 fully saturated rings. The highest BCUT2D eigenvalue weighted by molar-refractivity contribution is 6.13. The summed E-state index contributed by atoms with van der Waals surface area (Å²) in [6.45, 7) is 11.8. The second-order valence-corrected chi connectivity index (χ2v) is 20.6. The van der Waals surface area contributed by atoms with Crippen LogP contribution in [0.5, 0.6) is 0 Å². The summed E-state index contributed by atoms with van der Waals surface area (Å²) in [6, 6.07) is 12.6. The molecule has 3 aromatic heterocycles. The monoisotopic (exact) mass is 974 g/mol. The predicted octanol–water partition coefficient (Wildman–Crippen LogP) is 5.66. The number of piperazine rings is 1. The van der Waals surface area contributed by atoms with E-state index >= 15 is 8.78 Å². The van der Waals surface area contributed by atoms with Crippen molar-refractivity contribution in [2.75, 3.05) is 76.2 Å². The van der Waals surface area contributed by atoms with E-state index in [2.05, 4.69) is 36.4 Å². The molecule has 5 aromatic rings. The van der Waals surface area contributed by atoms with Crippen molar-refractivity contribution in [1.29, 1.82) is 0 Å². The van der Waals surface area contributed by atoms with Crippen LogP contribution in [0.4, 0.5) is 24.5 Å². The Kier molecular flexibility index (Phi) is 13.1. The summed E-state index contributed by atoms with van der Waals surface area (Å²) in [5.41, 5.74) is 3.84. The minimum absolute atomic E-state index is 0.0338. The van der Waals surface area contributed by atoms with E-state index in [1.165, 1.54) is 29.0 Å². The minimum Gasteiger partial charge on any atom is -0.386 e. The average Bonchev–Trinajstić information content (AvgIpc) is 3.77. The maximum atomic E-state index is 15.9. The van der Waals surface area contributed by atoms with E-state index in [0.717, 1.165) is 74.6 Å². The Balaban J connectivity index is 0.689. The van der Waals surface area contributed by atoms with Crippen molar-refractivity contribution in [3.63, 3.8) is 0 Å². The first-order valence-electron chi connectivity index (χ1n) is 24.9. The molecular formula is C53H61F3N10O5. The molecule has 4 saturated heterocycles. The molecule has 0 aliphatic carbocycles. The van der Waals surface area contributed by atoms with E-state index < -0.39 is 34.8 Å². The quantitative estimate of drug-likeness (QED) is 0.159. The van der Waals surface area contributed by atoms with Crippen molar-refractivity contribution in [3.05, 3.63) is 117 Å². The second kappa shape index (κ2) is 19.3. The van der Waals surface area contributed by atoms with Crippen LogP contribution in [0.2, 0.25) is 0 Å². The zero-order valence-corrected chi connectivity index (χ0v) is 40.8. The van der Waals surface area contributed by atoms with Crippen molar-refractivity contribution in [2.24, 2.45) is 13.0 Å². The van der Waals surface area contributed by atoms with Crippen LogP contribution in [0.1, 0.15) is 91.0 Å². The number of halogens is 3. The first-order chi connectivity index (χ1) is 34.1. The van der Waals surface area contributed by atoms with Crippen LogP contribution in [0.3, 0.4) is 0 Å². The lowest BCUT2D eigenvalue weighted by Gasteiger charge is -2.39. The van der Waals surface area contributed by atoms with Gasteiger partial charge < -0.3 is 19.7 Å². The normalized spacial score (nSPS) is 20.8. The fourth-order valence-corrected chi connectivity index (χ4v) is 11.6. The number of fused-ring (bicyclic) bond motifs is 2. The molecule has 0 spiro atoms. The highest BCUT2D eigenvalue weighted by atomic mass is 19.1. The molecule has 18 heteroatoms. The molecule has 2 N–H and O–H groups in total. The number of piperidine rings is 3. The molecule has 1 unspecified atom stereocenters. The number of imide groups is 1. The standard InChI is InChI=1S/C53H61F3N10O5/c1-53(2)38-23-33(5-6-44(38)66(52(53)71)45-7-8-46(67)59-50(45)69)29-63-21-19-62(20-22-63)28-32-10-17-64(18-11-32)51(70)35-24-39(54)48(40(55)25-35)34-12-15-61(16-13-34)30-36-26-37-43(9-14-58-49(37)60(36)4)65-31-41(56)42(57-3)27-47(65)68/h5-6,9,14,23-27,31-32,34,45,57H,7-8,10-13,15-22,28-30H2,1-4H3,(H,59,67,69). The summed E-state index contributed by atoms with van der Waals surface area (Å²) >= 11 is 0. The van der Waals surface area contributed by atoms with Crippen LogP contribution in [-0.2, 0) is 39.9 Å². The number of anilines is 2. The number of rotatable bonds is 11. The molecule has 15 nitrogen and oxygen atoms in total. The maximum Gasteiger partial charge on any atom is 0.257 e. The Bertz CT molecular complexity index is 2960. The minimum atomic E-state index is -0.796. The number of carbonyl (C=O) groups excluding carboxylic acids is 4. The molecule has 10 rings (SSSR count).